The number of hydrogen-bond donors (Lipinski definition) is 1. The van der Waals surface area contributed by atoms with Crippen LogP contribution >= 0.6 is 11.3 Å². The van der Waals surface area contributed by atoms with E-state index in [0.29, 0.717) is 0 Å². The Kier molecular flexibility index (Phi) is 4.48. The monoisotopic (exact) mass is 326 g/mol. The predicted octanol–water partition coefficient (Wildman–Crippen LogP) is 4.44. The molecule has 0 atom stereocenters. The van der Waals surface area contributed by atoms with Gasteiger partial charge in [-0.25, -0.2) is 9.37 Å². The molecular weight excluding hydrogens is 311 g/mol. The summed E-state index contributed by atoms with van der Waals surface area (Å²) in [5.41, 5.74) is 2.46. The summed E-state index contributed by atoms with van der Waals surface area (Å²) in [7, 11) is 0. The molecule has 0 fully saturated rings. The van der Waals surface area contributed by atoms with E-state index in [0.717, 1.165) is 26.8 Å². The number of aryl methyl sites for hydroxylation is 1. The molecule has 1 N–H and O–H groups in total. The van der Waals surface area contributed by atoms with Crippen molar-refractivity contribution in [3.8, 4) is 10.6 Å². The number of carbonyl (C=O) groups is 1. The summed E-state index contributed by atoms with van der Waals surface area (Å²) in [5.74, 6) is -0.349. The van der Waals surface area contributed by atoms with Gasteiger partial charge < -0.3 is 5.32 Å². The zero-order chi connectivity index (χ0) is 16.2. The van der Waals surface area contributed by atoms with Gasteiger partial charge in [0.15, 0.2) is 0 Å². The average Bonchev–Trinajstić information content (AvgIpc) is 2.90. The van der Waals surface area contributed by atoms with Crippen molar-refractivity contribution in [3.63, 3.8) is 0 Å². The van der Waals surface area contributed by atoms with Gasteiger partial charge in [-0.05, 0) is 43.3 Å². The minimum absolute atomic E-state index is 0.0754. The third-order valence-corrected chi connectivity index (χ3v) is 4.57. The van der Waals surface area contributed by atoms with E-state index in [1.807, 2.05) is 37.3 Å². The number of anilines is 1. The summed E-state index contributed by atoms with van der Waals surface area (Å²) in [5, 5.41) is 3.66. The minimum Gasteiger partial charge on any atom is -0.326 e. The molecule has 23 heavy (non-hydrogen) atoms. The molecule has 1 aromatic heterocycles. The lowest BCUT2D eigenvalue weighted by Gasteiger charge is -2.03. The second-order valence-electron chi connectivity index (χ2n) is 5.13. The predicted molar refractivity (Wildman–Crippen MR) is 91.0 cm³/mol. The molecular formula is C18H15FN2OS. The highest BCUT2D eigenvalue weighted by Gasteiger charge is 2.13. The lowest BCUT2D eigenvalue weighted by molar-refractivity contribution is -0.115. The third kappa shape index (κ3) is 3.81. The van der Waals surface area contributed by atoms with Crippen molar-refractivity contribution in [2.45, 2.75) is 13.3 Å². The second kappa shape index (κ2) is 6.71. The lowest BCUT2D eigenvalue weighted by Crippen LogP contribution is -2.14. The molecule has 0 saturated heterocycles. The van der Waals surface area contributed by atoms with Gasteiger partial charge in [-0.15, -0.1) is 11.3 Å². The van der Waals surface area contributed by atoms with Crippen LogP contribution in [-0.2, 0) is 11.2 Å². The maximum Gasteiger partial charge on any atom is 0.229 e. The van der Waals surface area contributed by atoms with E-state index in [1.165, 1.54) is 23.5 Å². The van der Waals surface area contributed by atoms with Gasteiger partial charge in [0.05, 0.1) is 12.1 Å². The Morgan fingerprint density at radius 1 is 1.13 bits per heavy atom. The number of amides is 1. The van der Waals surface area contributed by atoms with E-state index in [2.05, 4.69) is 10.3 Å². The highest BCUT2D eigenvalue weighted by atomic mass is 32.1. The molecule has 0 bridgehead atoms. The molecule has 0 saturated carbocycles. The second-order valence-corrected chi connectivity index (χ2v) is 6.21. The van der Waals surface area contributed by atoms with Crippen LogP contribution < -0.4 is 5.32 Å². The average molecular weight is 326 g/mol. The third-order valence-electron chi connectivity index (χ3n) is 3.36. The molecule has 5 heteroatoms. The van der Waals surface area contributed by atoms with Gasteiger partial charge in [0.1, 0.15) is 10.8 Å². The van der Waals surface area contributed by atoms with Crippen LogP contribution in [-0.4, -0.2) is 10.9 Å². The maximum atomic E-state index is 13.0. The molecule has 3 nitrogen and oxygen atoms in total. The first-order valence-corrected chi connectivity index (χ1v) is 8.00. The SMILES string of the molecule is Cc1nc(-c2ccc(F)cc2)sc1CC(=O)Nc1ccccc1. The molecule has 3 rings (SSSR count). The highest BCUT2D eigenvalue weighted by Crippen LogP contribution is 2.28. The molecule has 0 radical (unpaired) electrons. The molecule has 0 aliphatic heterocycles. The van der Waals surface area contributed by atoms with Gasteiger partial charge in [0, 0.05) is 16.1 Å². The maximum absolute atomic E-state index is 13.0. The number of carbonyl (C=O) groups excluding carboxylic acids is 1. The largest absolute Gasteiger partial charge is 0.326 e. The summed E-state index contributed by atoms with van der Waals surface area (Å²) in [4.78, 5) is 17.5. The van der Waals surface area contributed by atoms with Crippen LogP contribution in [0.5, 0.6) is 0 Å². The number of para-hydroxylation sites is 1. The number of benzene rings is 2. The van der Waals surface area contributed by atoms with Crippen molar-refractivity contribution in [2.24, 2.45) is 0 Å². The van der Waals surface area contributed by atoms with Crippen LogP contribution in [0.1, 0.15) is 10.6 Å². The lowest BCUT2D eigenvalue weighted by atomic mass is 10.2. The molecule has 1 amide bonds. The molecule has 0 aliphatic rings. The van der Waals surface area contributed by atoms with E-state index >= 15 is 0 Å². The standard InChI is InChI=1S/C18H15FN2OS/c1-12-16(11-17(22)21-15-5-3-2-4-6-15)23-18(20-12)13-7-9-14(19)10-8-13/h2-10H,11H2,1H3,(H,21,22). The Morgan fingerprint density at radius 2 is 1.83 bits per heavy atom. The van der Waals surface area contributed by atoms with Gasteiger partial charge in [-0.1, -0.05) is 18.2 Å². The fraction of sp³-hybridized carbons (Fsp3) is 0.111. The van der Waals surface area contributed by atoms with Crippen molar-refractivity contribution in [3.05, 3.63) is 71.0 Å². The summed E-state index contributed by atoms with van der Waals surface area (Å²) < 4.78 is 13.0. The van der Waals surface area contributed by atoms with Gasteiger partial charge in [0.2, 0.25) is 5.91 Å². The molecule has 1 heterocycles. The van der Waals surface area contributed by atoms with Gasteiger partial charge >= 0.3 is 0 Å². The highest BCUT2D eigenvalue weighted by molar-refractivity contribution is 7.15. The van der Waals surface area contributed by atoms with E-state index in [1.54, 1.807) is 12.1 Å². The Morgan fingerprint density at radius 3 is 2.52 bits per heavy atom. The van der Waals surface area contributed by atoms with Crippen LogP contribution in [0, 0.1) is 12.7 Å². The number of thiazole rings is 1. The minimum atomic E-state index is -0.274. The van der Waals surface area contributed by atoms with Crippen LogP contribution in [0.3, 0.4) is 0 Å². The Bertz CT molecular complexity index is 813. The fourth-order valence-electron chi connectivity index (χ4n) is 2.18. The zero-order valence-electron chi connectivity index (χ0n) is 12.5. The van der Waals surface area contributed by atoms with Crippen LogP contribution in [0.15, 0.2) is 54.6 Å². The van der Waals surface area contributed by atoms with E-state index < -0.39 is 0 Å². The molecule has 0 aliphatic carbocycles. The molecule has 0 unspecified atom stereocenters. The fourth-order valence-corrected chi connectivity index (χ4v) is 3.25. The van der Waals surface area contributed by atoms with E-state index in [9.17, 15) is 9.18 Å². The Hall–Kier alpha value is -2.53. The van der Waals surface area contributed by atoms with Crippen molar-refractivity contribution < 1.29 is 9.18 Å². The number of rotatable bonds is 4. The van der Waals surface area contributed by atoms with Gasteiger partial charge in [-0.2, -0.15) is 0 Å². The topological polar surface area (TPSA) is 42.0 Å². The Labute approximate surface area is 137 Å². The van der Waals surface area contributed by atoms with Gasteiger partial charge in [0.25, 0.3) is 0 Å². The first-order chi connectivity index (χ1) is 11.1. The molecule has 2 aromatic carbocycles. The zero-order valence-corrected chi connectivity index (χ0v) is 13.4. The molecule has 3 aromatic rings. The number of halogens is 1. The van der Waals surface area contributed by atoms with Crippen LogP contribution in [0.4, 0.5) is 10.1 Å². The smallest absolute Gasteiger partial charge is 0.229 e. The molecule has 116 valence electrons. The number of aromatic nitrogens is 1. The number of hydrogen-bond acceptors (Lipinski definition) is 3. The summed E-state index contributed by atoms with van der Waals surface area (Å²) in [6.07, 6.45) is 0.277. The van der Waals surface area contributed by atoms with E-state index in [4.69, 9.17) is 0 Å². The molecule has 0 spiro atoms. The first-order valence-electron chi connectivity index (χ1n) is 7.19. The first kappa shape index (κ1) is 15.4. The van der Waals surface area contributed by atoms with E-state index in [-0.39, 0.29) is 18.1 Å². The Balaban J connectivity index is 1.73. The number of nitrogens with zero attached hydrogens (tertiary/aromatic N) is 1. The van der Waals surface area contributed by atoms with Crippen LogP contribution in [0.25, 0.3) is 10.6 Å². The summed E-state index contributed by atoms with van der Waals surface area (Å²) >= 11 is 1.46. The van der Waals surface area contributed by atoms with Crippen molar-refractivity contribution >= 4 is 22.9 Å². The number of nitrogens with one attached hydrogen (secondary N) is 1. The normalized spacial score (nSPS) is 10.5. The van der Waals surface area contributed by atoms with Crippen molar-refractivity contribution in [2.75, 3.05) is 5.32 Å². The van der Waals surface area contributed by atoms with Gasteiger partial charge in [-0.3, -0.25) is 4.79 Å². The van der Waals surface area contributed by atoms with Crippen molar-refractivity contribution in [1.82, 2.24) is 4.98 Å². The summed E-state index contributed by atoms with van der Waals surface area (Å²) in [6.45, 7) is 1.88. The summed E-state index contributed by atoms with van der Waals surface area (Å²) in [6, 6.07) is 15.6. The van der Waals surface area contributed by atoms with Crippen molar-refractivity contribution in [1.29, 1.82) is 0 Å². The quantitative estimate of drug-likeness (QED) is 0.770. The van der Waals surface area contributed by atoms with Crippen LogP contribution in [0.2, 0.25) is 0 Å².